The van der Waals surface area contributed by atoms with Crippen molar-refractivity contribution in [2.75, 3.05) is 7.11 Å². The Kier molecular flexibility index (Phi) is 6.36. The zero-order chi connectivity index (χ0) is 17.2. The van der Waals surface area contributed by atoms with Gasteiger partial charge in [0, 0.05) is 12.1 Å². The number of benzene rings is 2. The van der Waals surface area contributed by atoms with Crippen molar-refractivity contribution in [1.29, 1.82) is 5.26 Å². The molecule has 0 saturated heterocycles. The van der Waals surface area contributed by atoms with Crippen LogP contribution in [0.1, 0.15) is 11.1 Å². The number of ether oxygens (including phenoxy) is 1. The number of carbonyl (C=O) groups is 1. The number of carbonyl (C=O) groups excluding carboxylic acids is 1. The van der Waals surface area contributed by atoms with Gasteiger partial charge in [0.05, 0.1) is 7.11 Å². The molecule has 120 valence electrons. The standard InChI is InChI=1S/C20H18N2O2/c1-24-19-13-6-5-10-17(19)11-7-12-18(14-21)20(23)22-15-16-8-3-2-4-9-16/h2-13H,15H2,1H3,(H,22,23)/b11-7+,18-12+. The Bertz CT molecular complexity index is 787. The van der Waals surface area contributed by atoms with Gasteiger partial charge in [0.25, 0.3) is 5.91 Å². The van der Waals surface area contributed by atoms with Crippen LogP contribution in [0.5, 0.6) is 5.75 Å². The maximum atomic E-state index is 12.1. The van der Waals surface area contributed by atoms with Crippen molar-refractivity contribution < 1.29 is 9.53 Å². The van der Waals surface area contributed by atoms with E-state index in [2.05, 4.69) is 5.32 Å². The topological polar surface area (TPSA) is 62.1 Å². The second-order valence-electron chi connectivity index (χ2n) is 4.96. The Hall–Kier alpha value is -3.32. The number of para-hydroxylation sites is 1. The Labute approximate surface area is 141 Å². The van der Waals surface area contributed by atoms with Gasteiger partial charge in [0.15, 0.2) is 0 Å². The monoisotopic (exact) mass is 318 g/mol. The molecule has 1 amide bonds. The largest absolute Gasteiger partial charge is 0.496 e. The minimum atomic E-state index is -0.397. The second kappa shape index (κ2) is 8.96. The molecule has 0 bridgehead atoms. The quantitative estimate of drug-likeness (QED) is 0.504. The van der Waals surface area contributed by atoms with E-state index in [9.17, 15) is 4.79 Å². The highest BCUT2D eigenvalue weighted by Crippen LogP contribution is 2.18. The summed E-state index contributed by atoms with van der Waals surface area (Å²) in [7, 11) is 1.60. The van der Waals surface area contributed by atoms with E-state index in [4.69, 9.17) is 10.00 Å². The molecule has 0 heterocycles. The molecule has 0 aliphatic rings. The van der Waals surface area contributed by atoms with Crippen LogP contribution in [0.2, 0.25) is 0 Å². The highest BCUT2D eigenvalue weighted by molar-refractivity contribution is 5.97. The third-order valence-electron chi connectivity index (χ3n) is 3.34. The summed E-state index contributed by atoms with van der Waals surface area (Å²) in [5, 5.41) is 11.9. The van der Waals surface area contributed by atoms with Crippen LogP contribution in [-0.4, -0.2) is 13.0 Å². The molecule has 4 nitrogen and oxygen atoms in total. The molecular formula is C20H18N2O2. The van der Waals surface area contributed by atoms with E-state index in [1.54, 1.807) is 19.3 Å². The molecule has 1 N–H and O–H groups in total. The summed E-state index contributed by atoms with van der Waals surface area (Å²) in [6.45, 7) is 0.384. The van der Waals surface area contributed by atoms with Crippen LogP contribution in [0, 0.1) is 11.3 Å². The molecule has 0 spiro atoms. The number of hydrogen-bond donors (Lipinski definition) is 1. The first-order valence-electron chi connectivity index (χ1n) is 7.48. The summed E-state index contributed by atoms with van der Waals surface area (Å²) in [5.74, 6) is 0.334. The number of rotatable bonds is 6. The van der Waals surface area contributed by atoms with Crippen LogP contribution < -0.4 is 10.1 Å². The molecule has 2 rings (SSSR count). The fraction of sp³-hybridized carbons (Fsp3) is 0.100. The fourth-order valence-electron chi connectivity index (χ4n) is 2.09. The summed E-state index contributed by atoms with van der Waals surface area (Å²) < 4.78 is 5.25. The van der Waals surface area contributed by atoms with Gasteiger partial charge in [-0.2, -0.15) is 5.26 Å². The summed E-state index contributed by atoms with van der Waals surface area (Å²) >= 11 is 0. The average Bonchev–Trinajstić information content (AvgIpc) is 2.64. The molecule has 2 aromatic carbocycles. The molecule has 0 aliphatic carbocycles. The molecule has 0 radical (unpaired) electrons. The average molecular weight is 318 g/mol. The Morgan fingerprint density at radius 2 is 1.88 bits per heavy atom. The van der Waals surface area contributed by atoms with Gasteiger partial charge in [-0.3, -0.25) is 4.79 Å². The van der Waals surface area contributed by atoms with Gasteiger partial charge in [-0.1, -0.05) is 60.7 Å². The number of nitrogens with one attached hydrogen (secondary N) is 1. The highest BCUT2D eigenvalue weighted by atomic mass is 16.5. The predicted octanol–water partition coefficient (Wildman–Crippen LogP) is 3.47. The molecular weight excluding hydrogens is 300 g/mol. The van der Waals surface area contributed by atoms with Crippen LogP contribution in [0.4, 0.5) is 0 Å². The van der Waals surface area contributed by atoms with Gasteiger partial charge in [-0.05, 0) is 17.7 Å². The number of amides is 1. The lowest BCUT2D eigenvalue weighted by molar-refractivity contribution is -0.117. The van der Waals surface area contributed by atoms with Crippen molar-refractivity contribution in [3.8, 4) is 11.8 Å². The third kappa shape index (κ3) is 4.85. The van der Waals surface area contributed by atoms with E-state index in [1.807, 2.05) is 60.7 Å². The summed E-state index contributed by atoms with van der Waals surface area (Å²) in [6.07, 6.45) is 4.95. The van der Waals surface area contributed by atoms with Crippen molar-refractivity contribution in [2.24, 2.45) is 0 Å². The van der Waals surface area contributed by atoms with Gasteiger partial charge in [-0.15, -0.1) is 0 Å². The van der Waals surface area contributed by atoms with E-state index in [0.29, 0.717) is 6.54 Å². The summed E-state index contributed by atoms with van der Waals surface area (Å²) in [5.41, 5.74) is 1.91. The minimum absolute atomic E-state index is 0.0529. The number of nitrogens with zero attached hydrogens (tertiary/aromatic N) is 1. The van der Waals surface area contributed by atoms with Gasteiger partial charge in [0.2, 0.25) is 0 Å². The van der Waals surface area contributed by atoms with Crippen LogP contribution in [0.3, 0.4) is 0 Å². The highest BCUT2D eigenvalue weighted by Gasteiger charge is 2.07. The molecule has 0 aromatic heterocycles. The summed E-state index contributed by atoms with van der Waals surface area (Å²) in [6, 6.07) is 19.0. The number of allylic oxidation sites excluding steroid dienone is 2. The molecule has 24 heavy (non-hydrogen) atoms. The van der Waals surface area contributed by atoms with Crippen LogP contribution in [-0.2, 0) is 11.3 Å². The first kappa shape index (κ1) is 17.0. The smallest absolute Gasteiger partial charge is 0.262 e. The molecule has 0 fully saturated rings. The lowest BCUT2D eigenvalue weighted by Gasteiger charge is -2.04. The van der Waals surface area contributed by atoms with Crippen LogP contribution in [0.15, 0.2) is 72.3 Å². The van der Waals surface area contributed by atoms with E-state index >= 15 is 0 Å². The lowest BCUT2D eigenvalue weighted by Crippen LogP contribution is -2.23. The molecule has 4 heteroatoms. The number of methoxy groups -OCH3 is 1. The Balaban J connectivity index is 2.02. The van der Waals surface area contributed by atoms with Crippen molar-refractivity contribution >= 4 is 12.0 Å². The van der Waals surface area contributed by atoms with E-state index in [-0.39, 0.29) is 5.57 Å². The minimum Gasteiger partial charge on any atom is -0.496 e. The van der Waals surface area contributed by atoms with Crippen LogP contribution in [0.25, 0.3) is 6.08 Å². The lowest BCUT2D eigenvalue weighted by atomic mass is 10.1. The van der Waals surface area contributed by atoms with Gasteiger partial charge in [0.1, 0.15) is 17.4 Å². The van der Waals surface area contributed by atoms with Crippen molar-refractivity contribution in [1.82, 2.24) is 5.32 Å². The Morgan fingerprint density at radius 3 is 2.58 bits per heavy atom. The second-order valence-corrected chi connectivity index (χ2v) is 4.96. The van der Waals surface area contributed by atoms with Gasteiger partial charge >= 0.3 is 0 Å². The molecule has 0 atom stereocenters. The molecule has 0 aliphatic heterocycles. The summed E-state index contributed by atoms with van der Waals surface area (Å²) in [4.78, 5) is 12.1. The number of nitriles is 1. The first-order valence-corrected chi connectivity index (χ1v) is 7.48. The maximum Gasteiger partial charge on any atom is 0.262 e. The van der Waals surface area contributed by atoms with Crippen molar-refractivity contribution in [3.63, 3.8) is 0 Å². The zero-order valence-electron chi connectivity index (χ0n) is 13.4. The SMILES string of the molecule is COc1ccccc1/C=C/C=C(\C#N)C(=O)NCc1ccccc1. The Morgan fingerprint density at radius 1 is 1.17 bits per heavy atom. The zero-order valence-corrected chi connectivity index (χ0v) is 13.4. The van der Waals surface area contributed by atoms with E-state index < -0.39 is 5.91 Å². The fourth-order valence-corrected chi connectivity index (χ4v) is 2.09. The van der Waals surface area contributed by atoms with Crippen molar-refractivity contribution in [3.05, 3.63) is 83.4 Å². The van der Waals surface area contributed by atoms with E-state index in [1.165, 1.54) is 6.08 Å². The third-order valence-corrected chi connectivity index (χ3v) is 3.34. The molecule has 2 aromatic rings. The van der Waals surface area contributed by atoms with Crippen LogP contribution >= 0.6 is 0 Å². The normalized spacial score (nSPS) is 11.1. The molecule has 0 unspecified atom stereocenters. The number of hydrogen-bond acceptors (Lipinski definition) is 3. The van der Waals surface area contributed by atoms with Gasteiger partial charge < -0.3 is 10.1 Å². The predicted molar refractivity (Wildman–Crippen MR) is 94.0 cm³/mol. The van der Waals surface area contributed by atoms with Gasteiger partial charge in [-0.25, -0.2) is 0 Å². The van der Waals surface area contributed by atoms with Crippen molar-refractivity contribution in [2.45, 2.75) is 6.54 Å². The molecule has 0 saturated carbocycles. The first-order chi connectivity index (χ1) is 11.7. The maximum absolute atomic E-state index is 12.1. The van der Waals surface area contributed by atoms with E-state index in [0.717, 1.165) is 16.9 Å².